The molecule has 0 aliphatic carbocycles. The number of aromatic nitrogens is 3. The van der Waals surface area contributed by atoms with Gasteiger partial charge in [0.05, 0.1) is 23.0 Å². The molecular weight excluding hydrogens is 546 g/mol. The van der Waals surface area contributed by atoms with Gasteiger partial charge in [0.15, 0.2) is 5.57 Å². The first-order chi connectivity index (χ1) is 20.6. The average molecular weight is 574 g/mol. The molecule has 3 heterocycles. The zero-order chi connectivity index (χ0) is 29.1. The average Bonchev–Trinajstić information content (AvgIpc) is 3.79. The molecule has 1 aliphatic rings. The number of carbonyl (C=O) groups excluding carboxylic acids is 1. The van der Waals surface area contributed by atoms with Gasteiger partial charge in [-0.2, -0.15) is 10.4 Å². The van der Waals surface area contributed by atoms with Gasteiger partial charge in [0.25, 0.3) is 11.5 Å². The van der Waals surface area contributed by atoms with Gasteiger partial charge < -0.3 is 9.64 Å². The number of carbonyl (C=O) groups is 1. The number of likely N-dealkylation sites (tertiary alicyclic amines) is 1. The molecule has 0 N–H and O–H groups in total. The van der Waals surface area contributed by atoms with Crippen molar-refractivity contribution in [2.24, 2.45) is 0 Å². The Morgan fingerprint density at radius 3 is 2.21 bits per heavy atom. The molecule has 5 aromatic rings. The summed E-state index contributed by atoms with van der Waals surface area (Å²) in [5, 5.41) is 15.0. The van der Waals surface area contributed by atoms with Gasteiger partial charge in [-0.3, -0.25) is 14.2 Å². The van der Waals surface area contributed by atoms with E-state index >= 15 is 0 Å². The highest BCUT2D eigenvalue weighted by atomic mass is 32.1. The molecule has 0 unspecified atom stereocenters. The van der Waals surface area contributed by atoms with Crippen molar-refractivity contribution < 1.29 is 9.53 Å². The second-order valence-corrected chi connectivity index (χ2v) is 10.9. The fraction of sp³-hybridized carbons (Fsp3) is 0.152. The summed E-state index contributed by atoms with van der Waals surface area (Å²) in [6.07, 6.45) is 5.47. The number of hydrogen-bond donors (Lipinski definition) is 0. The standard InChI is InChI=1S/C33H27N5O3S/c1-41-27-16-14-23(15-17-27)30-24(22-37(35-30)25-10-4-2-5-11-25)20-29-32(40)38(26-12-6-3-7-13-26)33(42-29)28(21-34)31(39)36-18-8-9-19-36/h2-7,10-17,20,22H,8-9,18-19H2,1H3/b29-20+,33-28+. The zero-order valence-corrected chi connectivity index (χ0v) is 23.8. The van der Waals surface area contributed by atoms with Crippen molar-refractivity contribution >= 4 is 28.9 Å². The van der Waals surface area contributed by atoms with Crippen molar-refractivity contribution in [2.45, 2.75) is 12.8 Å². The van der Waals surface area contributed by atoms with Crippen LogP contribution in [0.1, 0.15) is 18.4 Å². The number of rotatable bonds is 6. The summed E-state index contributed by atoms with van der Waals surface area (Å²) in [7, 11) is 1.62. The second-order valence-electron chi connectivity index (χ2n) is 9.82. The molecule has 3 aromatic carbocycles. The first-order valence-electron chi connectivity index (χ1n) is 13.6. The summed E-state index contributed by atoms with van der Waals surface area (Å²) >= 11 is 1.14. The minimum absolute atomic E-state index is 0.0298. The van der Waals surface area contributed by atoms with Crippen LogP contribution < -0.4 is 19.5 Å². The van der Waals surface area contributed by atoms with Crippen molar-refractivity contribution in [3.05, 3.63) is 116 Å². The first-order valence-corrected chi connectivity index (χ1v) is 14.4. The number of amides is 1. The highest BCUT2D eigenvalue weighted by Crippen LogP contribution is 2.26. The molecule has 0 saturated carbocycles. The maximum atomic E-state index is 14.0. The Kier molecular flexibility index (Phi) is 7.54. The summed E-state index contributed by atoms with van der Waals surface area (Å²) in [6.45, 7) is 1.21. The van der Waals surface area contributed by atoms with Crippen molar-refractivity contribution in [3.63, 3.8) is 0 Å². The molecule has 0 spiro atoms. The Balaban J connectivity index is 1.60. The van der Waals surface area contributed by atoms with Crippen molar-refractivity contribution in [1.82, 2.24) is 19.2 Å². The van der Waals surface area contributed by atoms with Crippen LogP contribution in [0.3, 0.4) is 0 Å². The van der Waals surface area contributed by atoms with E-state index in [1.165, 1.54) is 4.57 Å². The number of hydrogen-bond acceptors (Lipinski definition) is 6. The summed E-state index contributed by atoms with van der Waals surface area (Å²) in [4.78, 5) is 29.1. The maximum Gasteiger partial charge on any atom is 0.273 e. The summed E-state index contributed by atoms with van der Waals surface area (Å²) in [5.41, 5.74) is 3.38. The van der Waals surface area contributed by atoms with E-state index in [9.17, 15) is 14.9 Å². The SMILES string of the molecule is COc1ccc(-c2nn(-c3ccccc3)cc2/C=c2/s/c(=C(\C#N)C(=O)N3CCCC3)n(-c3ccccc3)c2=O)cc1. The molecular formula is C33H27N5O3S. The Hall–Kier alpha value is -5.20. The smallest absolute Gasteiger partial charge is 0.273 e. The molecule has 6 rings (SSSR count). The van der Waals surface area contributed by atoms with Crippen LogP contribution in [-0.4, -0.2) is 45.4 Å². The van der Waals surface area contributed by atoms with E-state index in [-0.39, 0.29) is 17.0 Å². The monoisotopic (exact) mass is 573 g/mol. The van der Waals surface area contributed by atoms with E-state index in [0.717, 1.165) is 46.7 Å². The third-order valence-electron chi connectivity index (χ3n) is 7.18. The Labute approximate surface area is 246 Å². The fourth-order valence-electron chi connectivity index (χ4n) is 5.05. The number of nitriles is 1. The fourth-order valence-corrected chi connectivity index (χ4v) is 6.13. The molecule has 0 atom stereocenters. The summed E-state index contributed by atoms with van der Waals surface area (Å²) < 4.78 is 9.29. The molecule has 9 heteroatoms. The van der Waals surface area contributed by atoms with Gasteiger partial charge in [-0.25, -0.2) is 4.68 Å². The van der Waals surface area contributed by atoms with Gasteiger partial charge in [-0.1, -0.05) is 36.4 Å². The van der Waals surface area contributed by atoms with Crippen molar-refractivity contribution in [2.75, 3.05) is 20.2 Å². The number of ether oxygens (including phenoxy) is 1. The Bertz CT molecular complexity index is 1960. The molecule has 42 heavy (non-hydrogen) atoms. The van der Waals surface area contributed by atoms with Crippen LogP contribution >= 0.6 is 11.3 Å². The lowest BCUT2D eigenvalue weighted by Gasteiger charge is -2.14. The molecule has 8 nitrogen and oxygen atoms in total. The van der Waals surface area contributed by atoms with Gasteiger partial charge in [0.2, 0.25) is 0 Å². The van der Waals surface area contributed by atoms with Gasteiger partial charge in [-0.15, -0.1) is 11.3 Å². The third-order valence-corrected chi connectivity index (χ3v) is 8.28. The first kappa shape index (κ1) is 27.0. The largest absolute Gasteiger partial charge is 0.497 e. The van der Waals surface area contributed by atoms with Gasteiger partial charge >= 0.3 is 0 Å². The molecule has 2 aromatic heterocycles. The highest BCUT2D eigenvalue weighted by molar-refractivity contribution is 7.07. The van der Waals surface area contributed by atoms with E-state index < -0.39 is 0 Å². The lowest BCUT2D eigenvalue weighted by Crippen LogP contribution is -2.35. The minimum atomic E-state index is -0.344. The van der Waals surface area contributed by atoms with E-state index in [4.69, 9.17) is 9.84 Å². The lowest BCUT2D eigenvalue weighted by molar-refractivity contribution is -0.123. The summed E-state index contributed by atoms with van der Waals surface area (Å²) in [6, 6.07) is 28.5. The predicted octanol–water partition coefficient (Wildman–Crippen LogP) is 3.89. The molecule has 0 radical (unpaired) electrons. The van der Waals surface area contributed by atoms with Crippen LogP contribution in [0, 0.1) is 11.3 Å². The predicted molar refractivity (Wildman–Crippen MR) is 163 cm³/mol. The minimum Gasteiger partial charge on any atom is -0.497 e. The number of para-hydroxylation sites is 2. The normalized spacial score (nSPS) is 14.1. The maximum absolute atomic E-state index is 14.0. The number of benzene rings is 3. The van der Waals surface area contributed by atoms with E-state index in [1.54, 1.807) is 34.9 Å². The second kappa shape index (κ2) is 11.7. The Morgan fingerprint density at radius 1 is 0.952 bits per heavy atom. The quantitative estimate of drug-likeness (QED) is 0.307. The van der Waals surface area contributed by atoms with Crippen LogP contribution in [0.25, 0.3) is 34.3 Å². The summed E-state index contributed by atoms with van der Waals surface area (Å²) in [5.74, 6) is 0.381. The van der Waals surface area contributed by atoms with Gasteiger partial charge in [0.1, 0.15) is 22.2 Å². The van der Waals surface area contributed by atoms with Crippen molar-refractivity contribution in [3.8, 4) is 34.5 Å². The lowest BCUT2D eigenvalue weighted by atomic mass is 10.1. The third kappa shape index (κ3) is 5.16. The zero-order valence-electron chi connectivity index (χ0n) is 22.9. The molecule has 1 amide bonds. The van der Waals surface area contributed by atoms with Crippen LogP contribution in [0.2, 0.25) is 0 Å². The van der Waals surface area contributed by atoms with E-state index in [2.05, 4.69) is 6.07 Å². The van der Waals surface area contributed by atoms with Crippen LogP contribution in [-0.2, 0) is 4.79 Å². The Morgan fingerprint density at radius 2 is 1.60 bits per heavy atom. The molecule has 1 fully saturated rings. The highest BCUT2D eigenvalue weighted by Gasteiger charge is 2.24. The van der Waals surface area contributed by atoms with Crippen LogP contribution in [0.5, 0.6) is 5.75 Å². The van der Waals surface area contributed by atoms with E-state index in [1.807, 2.05) is 79.0 Å². The number of methoxy groups -OCH3 is 1. The van der Waals surface area contributed by atoms with Gasteiger partial charge in [0, 0.05) is 30.4 Å². The van der Waals surface area contributed by atoms with Crippen LogP contribution in [0.15, 0.2) is 95.9 Å². The van der Waals surface area contributed by atoms with Gasteiger partial charge in [-0.05, 0) is 67.4 Å². The molecule has 0 bridgehead atoms. The van der Waals surface area contributed by atoms with Crippen LogP contribution in [0.4, 0.5) is 0 Å². The van der Waals surface area contributed by atoms with E-state index in [0.29, 0.717) is 33.7 Å². The molecule has 1 saturated heterocycles. The van der Waals surface area contributed by atoms with Crippen molar-refractivity contribution in [1.29, 1.82) is 5.26 Å². The molecule has 208 valence electrons. The topological polar surface area (TPSA) is 93.1 Å². The number of thiazole rings is 1. The number of nitrogens with zero attached hydrogens (tertiary/aromatic N) is 5. The molecule has 1 aliphatic heterocycles.